The molecule has 0 spiro atoms. The Bertz CT molecular complexity index is 1490. The molecule has 8 heteroatoms. The van der Waals surface area contributed by atoms with Crippen LogP contribution in [0.1, 0.15) is 17.3 Å². The highest BCUT2D eigenvalue weighted by Crippen LogP contribution is 2.29. The number of piperazine rings is 1. The highest BCUT2D eigenvalue weighted by molar-refractivity contribution is 7.71. The molecule has 0 bridgehead atoms. The molecule has 35 heavy (non-hydrogen) atoms. The minimum Gasteiger partial charge on any atom is -0.492 e. The third kappa shape index (κ3) is 4.44. The van der Waals surface area contributed by atoms with E-state index in [0.29, 0.717) is 59.7 Å². The van der Waals surface area contributed by atoms with Crippen LogP contribution in [0.15, 0.2) is 77.6 Å². The third-order valence-electron chi connectivity index (χ3n) is 6.23. The Kier molecular flexibility index (Phi) is 6.37. The van der Waals surface area contributed by atoms with Gasteiger partial charge < -0.3 is 19.5 Å². The van der Waals surface area contributed by atoms with Gasteiger partial charge in [0.25, 0.3) is 11.5 Å². The largest absolute Gasteiger partial charge is 0.492 e. The van der Waals surface area contributed by atoms with Crippen LogP contribution in [0.2, 0.25) is 0 Å². The maximum absolute atomic E-state index is 13.3. The summed E-state index contributed by atoms with van der Waals surface area (Å²) in [6.07, 6.45) is 0. The highest BCUT2D eigenvalue weighted by Gasteiger charge is 2.24. The number of aromatic nitrogens is 2. The van der Waals surface area contributed by atoms with Crippen molar-refractivity contribution in [2.24, 2.45) is 0 Å². The summed E-state index contributed by atoms with van der Waals surface area (Å²) in [5.41, 5.74) is 2.63. The fraction of sp³-hybridized carbons (Fsp3) is 0.222. The average molecular weight is 487 g/mol. The molecule has 1 aliphatic rings. The summed E-state index contributed by atoms with van der Waals surface area (Å²) in [7, 11) is 0. The molecular weight excluding hydrogens is 460 g/mol. The SMILES string of the molecule is CCOc1ccccc1N1CCN(C(=O)c2ccc3c(=O)n(-c4ccccc4)c(=S)[nH]c3c2)CC1. The summed E-state index contributed by atoms with van der Waals surface area (Å²) >= 11 is 5.47. The van der Waals surface area contributed by atoms with Crippen LogP contribution in [0.3, 0.4) is 0 Å². The molecule has 0 radical (unpaired) electrons. The summed E-state index contributed by atoms with van der Waals surface area (Å²) in [5, 5.41) is 0.483. The molecule has 0 aliphatic carbocycles. The smallest absolute Gasteiger partial charge is 0.266 e. The number of hydrogen-bond acceptors (Lipinski definition) is 5. The summed E-state index contributed by atoms with van der Waals surface area (Å²) in [6, 6.07) is 22.4. The van der Waals surface area contributed by atoms with E-state index in [1.165, 1.54) is 4.57 Å². The summed E-state index contributed by atoms with van der Waals surface area (Å²) in [5.74, 6) is 0.803. The van der Waals surface area contributed by atoms with E-state index in [2.05, 4.69) is 16.0 Å². The molecule has 7 nitrogen and oxygen atoms in total. The number of H-pyrrole nitrogens is 1. The Balaban J connectivity index is 1.36. The monoisotopic (exact) mass is 486 g/mol. The van der Waals surface area contributed by atoms with Crippen molar-refractivity contribution < 1.29 is 9.53 Å². The van der Waals surface area contributed by atoms with Crippen molar-refractivity contribution in [1.82, 2.24) is 14.5 Å². The molecule has 3 aromatic carbocycles. The molecule has 1 N–H and O–H groups in total. The molecule has 4 aromatic rings. The number of nitrogens with one attached hydrogen (secondary N) is 1. The van der Waals surface area contributed by atoms with Crippen molar-refractivity contribution >= 4 is 34.7 Å². The molecule has 1 amide bonds. The van der Waals surface area contributed by atoms with E-state index in [1.807, 2.05) is 60.4 Å². The number of fused-ring (bicyclic) bond motifs is 1. The van der Waals surface area contributed by atoms with E-state index in [1.54, 1.807) is 18.2 Å². The first-order valence-electron chi connectivity index (χ1n) is 11.7. The van der Waals surface area contributed by atoms with Crippen molar-refractivity contribution in [3.05, 3.63) is 93.5 Å². The number of ether oxygens (including phenoxy) is 1. The lowest BCUT2D eigenvalue weighted by Gasteiger charge is -2.36. The van der Waals surface area contributed by atoms with Crippen molar-refractivity contribution in [3.63, 3.8) is 0 Å². The molecule has 0 unspecified atom stereocenters. The van der Waals surface area contributed by atoms with Crippen LogP contribution in [-0.4, -0.2) is 53.1 Å². The first-order valence-corrected chi connectivity index (χ1v) is 12.1. The van der Waals surface area contributed by atoms with Gasteiger partial charge in [-0.05, 0) is 61.6 Å². The summed E-state index contributed by atoms with van der Waals surface area (Å²) in [4.78, 5) is 33.6. The predicted octanol–water partition coefficient (Wildman–Crippen LogP) is 4.41. The van der Waals surface area contributed by atoms with Gasteiger partial charge in [0.15, 0.2) is 4.77 Å². The van der Waals surface area contributed by atoms with Gasteiger partial charge >= 0.3 is 0 Å². The molecule has 1 saturated heterocycles. The minimum absolute atomic E-state index is 0.0591. The van der Waals surface area contributed by atoms with Crippen LogP contribution in [0.25, 0.3) is 16.6 Å². The quantitative estimate of drug-likeness (QED) is 0.423. The van der Waals surface area contributed by atoms with Gasteiger partial charge in [0.1, 0.15) is 5.75 Å². The maximum Gasteiger partial charge on any atom is 0.266 e. The molecule has 178 valence electrons. The van der Waals surface area contributed by atoms with E-state index >= 15 is 0 Å². The number of nitrogens with zero attached hydrogens (tertiary/aromatic N) is 3. The van der Waals surface area contributed by atoms with E-state index in [0.717, 1.165) is 11.4 Å². The minimum atomic E-state index is -0.212. The second-order valence-corrected chi connectivity index (χ2v) is 8.73. The number of amides is 1. The number of carbonyl (C=O) groups excluding carboxylic acids is 1. The lowest BCUT2D eigenvalue weighted by atomic mass is 10.1. The van der Waals surface area contributed by atoms with E-state index in [9.17, 15) is 9.59 Å². The second kappa shape index (κ2) is 9.76. The molecule has 1 fully saturated rings. The van der Waals surface area contributed by atoms with Gasteiger partial charge in [-0.2, -0.15) is 0 Å². The van der Waals surface area contributed by atoms with Crippen LogP contribution in [-0.2, 0) is 0 Å². The van der Waals surface area contributed by atoms with Crippen LogP contribution in [0.5, 0.6) is 5.75 Å². The number of benzene rings is 3. The number of carbonyl (C=O) groups is 1. The second-order valence-electron chi connectivity index (χ2n) is 8.35. The van der Waals surface area contributed by atoms with Crippen LogP contribution in [0, 0.1) is 4.77 Å². The van der Waals surface area contributed by atoms with E-state index in [-0.39, 0.29) is 11.5 Å². The Labute approximate surface area is 208 Å². The van der Waals surface area contributed by atoms with Gasteiger partial charge in [0.2, 0.25) is 0 Å². The van der Waals surface area contributed by atoms with Crippen molar-refractivity contribution in [2.45, 2.75) is 6.92 Å². The lowest BCUT2D eigenvalue weighted by Crippen LogP contribution is -2.48. The average Bonchev–Trinajstić information content (AvgIpc) is 2.89. The van der Waals surface area contributed by atoms with Crippen LogP contribution >= 0.6 is 12.2 Å². The fourth-order valence-electron chi connectivity index (χ4n) is 4.49. The number of hydrogen-bond donors (Lipinski definition) is 1. The van der Waals surface area contributed by atoms with Gasteiger partial charge in [-0.1, -0.05) is 30.3 Å². The zero-order valence-corrected chi connectivity index (χ0v) is 20.3. The van der Waals surface area contributed by atoms with Gasteiger partial charge in [-0.3, -0.25) is 14.2 Å². The first-order chi connectivity index (χ1) is 17.1. The number of para-hydroxylation sites is 3. The standard InChI is InChI=1S/C27H26N4O3S/c1-2-34-24-11-7-6-10-23(24)29-14-16-30(17-15-29)25(32)19-12-13-21-22(18-19)28-27(35)31(26(21)33)20-8-4-3-5-9-20/h3-13,18H,2,14-17H2,1H3,(H,28,35). The van der Waals surface area contributed by atoms with Gasteiger partial charge in [-0.25, -0.2) is 0 Å². The number of anilines is 1. The Morgan fingerprint density at radius 3 is 2.43 bits per heavy atom. The zero-order chi connectivity index (χ0) is 24.4. The Morgan fingerprint density at radius 2 is 1.69 bits per heavy atom. The molecule has 0 saturated carbocycles. The normalized spacial score (nSPS) is 13.7. The van der Waals surface area contributed by atoms with E-state index in [4.69, 9.17) is 17.0 Å². The molecule has 0 atom stereocenters. The summed E-state index contributed by atoms with van der Waals surface area (Å²) in [6.45, 7) is 5.21. The highest BCUT2D eigenvalue weighted by atomic mass is 32.1. The van der Waals surface area contributed by atoms with Crippen molar-refractivity contribution in [1.29, 1.82) is 0 Å². The summed E-state index contributed by atoms with van der Waals surface area (Å²) < 4.78 is 7.53. The predicted molar refractivity (Wildman–Crippen MR) is 140 cm³/mol. The van der Waals surface area contributed by atoms with Crippen molar-refractivity contribution in [2.75, 3.05) is 37.7 Å². The molecule has 1 aromatic heterocycles. The Morgan fingerprint density at radius 1 is 0.971 bits per heavy atom. The number of rotatable bonds is 5. The third-order valence-corrected chi connectivity index (χ3v) is 6.52. The molecule has 1 aliphatic heterocycles. The van der Waals surface area contributed by atoms with Gasteiger partial charge in [0.05, 0.1) is 28.9 Å². The van der Waals surface area contributed by atoms with Crippen LogP contribution < -0.4 is 15.2 Å². The molecular formula is C27H26N4O3S. The molecule has 5 rings (SSSR count). The molecule has 2 heterocycles. The van der Waals surface area contributed by atoms with Gasteiger partial charge in [0, 0.05) is 31.7 Å². The fourth-order valence-corrected chi connectivity index (χ4v) is 4.79. The zero-order valence-electron chi connectivity index (χ0n) is 19.4. The lowest BCUT2D eigenvalue weighted by molar-refractivity contribution is 0.0747. The topological polar surface area (TPSA) is 70.6 Å². The maximum atomic E-state index is 13.3. The van der Waals surface area contributed by atoms with Crippen LogP contribution in [0.4, 0.5) is 5.69 Å². The van der Waals surface area contributed by atoms with Gasteiger partial charge in [-0.15, -0.1) is 0 Å². The number of aromatic amines is 1. The van der Waals surface area contributed by atoms with E-state index < -0.39 is 0 Å². The Hall–Kier alpha value is -3.91. The first kappa shape index (κ1) is 22.9. The van der Waals surface area contributed by atoms with Crippen molar-refractivity contribution in [3.8, 4) is 11.4 Å².